The van der Waals surface area contributed by atoms with Crippen molar-refractivity contribution in [3.05, 3.63) is 35.9 Å². The standard InChI is InChI=1S/C11H12O3S/c1-15(8-11(13)14)7-10(12)9-5-3-2-4-6-9/h2-6H,7-8H2,1H3/p+1. The van der Waals surface area contributed by atoms with E-state index in [-0.39, 0.29) is 22.4 Å². The first-order valence-corrected chi connectivity index (χ1v) is 6.46. The molecule has 1 rings (SSSR count). The van der Waals surface area contributed by atoms with Gasteiger partial charge in [-0.1, -0.05) is 30.3 Å². The van der Waals surface area contributed by atoms with E-state index in [2.05, 4.69) is 0 Å². The van der Waals surface area contributed by atoms with Gasteiger partial charge in [-0.25, -0.2) is 4.79 Å². The van der Waals surface area contributed by atoms with Crippen molar-refractivity contribution in [1.29, 1.82) is 0 Å². The van der Waals surface area contributed by atoms with Crippen molar-refractivity contribution in [3.63, 3.8) is 0 Å². The zero-order chi connectivity index (χ0) is 11.3. The van der Waals surface area contributed by atoms with Crippen LogP contribution in [0.2, 0.25) is 0 Å². The van der Waals surface area contributed by atoms with E-state index in [9.17, 15) is 9.59 Å². The quantitative estimate of drug-likeness (QED) is 0.605. The van der Waals surface area contributed by atoms with Crippen molar-refractivity contribution < 1.29 is 14.7 Å². The zero-order valence-electron chi connectivity index (χ0n) is 8.47. The zero-order valence-corrected chi connectivity index (χ0v) is 9.29. The summed E-state index contributed by atoms with van der Waals surface area (Å²) in [5.41, 5.74) is 0.655. The van der Waals surface area contributed by atoms with E-state index in [1.807, 2.05) is 6.07 Å². The Balaban J connectivity index is 2.53. The van der Waals surface area contributed by atoms with Gasteiger partial charge in [0, 0.05) is 16.5 Å². The molecule has 0 radical (unpaired) electrons. The molecule has 0 bridgehead atoms. The molecule has 15 heavy (non-hydrogen) atoms. The predicted molar refractivity (Wildman–Crippen MR) is 61.4 cm³/mol. The molecule has 0 amide bonds. The molecule has 0 saturated carbocycles. The molecule has 3 nitrogen and oxygen atoms in total. The first kappa shape index (κ1) is 11.8. The number of hydrogen-bond donors (Lipinski definition) is 1. The molecule has 4 heteroatoms. The maximum absolute atomic E-state index is 11.7. The van der Waals surface area contributed by atoms with Gasteiger partial charge in [0.05, 0.1) is 6.26 Å². The van der Waals surface area contributed by atoms with Crippen LogP contribution in [0, 0.1) is 0 Å². The van der Waals surface area contributed by atoms with E-state index in [1.165, 1.54) is 0 Å². The number of Topliss-reactive ketones (excluding diaryl/α,β-unsaturated/α-hetero) is 1. The van der Waals surface area contributed by atoms with Crippen LogP contribution in [0.5, 0.6) is 0 Å². The summed E-state index contributed by atoms with van der Waals surface area (Å²) < 4.78 is 0. The van der Waals surface area contributed by atoms with E-state index >= 15 is 0 Å². The van der Waals surface area contributed by atoms with Crippen molar-refractivity contribution in [3.8, 4) is 0 Å². The Morgan fingerprint density at radius 3 is 2.33 bits per heavy atom. The lowest BCUT2D eigenvalue weighted by molar-refractivity contribution is -0.133. The molecule has 1 N–H and O–H groups in total. The Bertz CT molecular complexity index is 348. The summed E-state index contributed by atoms with van der Waals surface area (Å²) in [6, 6.07) is 8.96. The Labute approximate surface area is 91.5 Å². The third kappa shape index (κ3) is 4.16. The van der Waals surface area contributed by atoms with E-state index in [0.717, 1.165) is 0 Å². The molecule has 1 unspecified atom stereocenters. The fourth-order valence-electron chi connectivity index (χ4n) is 1.19. The molecule has 0 aliphatic carbocycles. The molecular weight excluding hydrogens is 212 g/mol. The van der Waals surface area contributed by atoms with Crippen molar-refractivity contribution in [2.45, 2.75) is 0 Å². The van der Waals surface area contributed by atoms with Crippen LogP contribution in [0.15, 0.2) is 30.3 Å². The Kier molecular flexibility index (Phi) is 4.37. The topological polar surface area (TPSA) is 54.4 Å². The Hall–Kier alpha value is -1.29. The SMILES string of the molecule is C[S+](CC(=O)O)CC(=O)c1ccccc1. The van der Waals surface area contributed by atoms with E-state index in [0.29, 0.717) is 11.3 Å². The van der Waals surface area contributed by atoms with E-state index < -0.39 is 5.97 Å². The number of ketones is 1. The van der Waals surface area contributed by atoms with Crippen molar-refractivity contribution in [1.82, 2.24) is 0 Å². The summed E-state index contributed by atoms with van der Waals surface area (Å²) in [6.45, 7) is 0. The summed E-state index contributed by atoms with van der Waals surface area (Å²) in [6.07, 6.45) is 1.80. The van der Waals surface area contributed by atoms with Crippen molar-refractivity contribution in [2.75, 3.05) is 17.8 Å². The second kappa shape index (κ2) is 5.56. The first-order valence-electron chi connectivity index (χ1n) is 4.49. The number of rotatable bonds is 5. The third-order valence-corrected chi connectivity index (χ3v) is 3.34. The van der Waals surface area contributed by atoms with Gasteiger partial charge < -0.3 is 5.11 Å². The minimum absolute atomic E-state index is 0.0164. The van der Waals surface area contributed by atoms with Gasteiger partial charge in [-0.05, 0) is 0 Å². The average Bonchev–Trinajstić information content (AvgIpc) is 2.17. The van der Waals surface area contributed by atoms with Gasteiger partial charge in [0.1, 0.15) is 0 Å². The number of aliphatic carboxylic acids is 1. The number of carboxylic acid groups (broad SMARTS) is 1. The first-order chi connectivity index (χ1) is 7.09. The predicted octanol–water partition coefficient (Wildman–Crippen LogP) is 1.20. The second-order valence-electron chi connectivity index (χ2n) is 3.25. The van der Waals surface area contributed by atoms with Gasteiger partial charge in [0.25, 0.3) is 0 Å². The van der Waals surface area contributed by atoms with Crippen LogP contribution >= 0.6 is 0 Å². The number of benzene rings is 1. The molecule has 0 aromatic heterocycles. The van der Waals surface area contributed by atoms with Crippen LogP contribution in [0.25, 0.3) is 0 Å². The maximum Gasteiger partial charge on any atom is 0.353 e. The highest BCUT2D eigenvalue weighted by Crippen LogP contribution is 2.03. The van der Waals surface area contributed by atoms with E-state index in [4.69, 9.17) is 5.11 Å². The van der Waals surface area contributed by atoms with Crippen molar-refractivity contribution >= 4 is 22.6 Å². The molecular formula is C11H13O3S+. The highest BCUT2D eigenvalue weighted by Gasteiger charge is 2.21. The Morgan fingerprint density at radius 2 is 1.80 bits per heavy atom. The van der Waals surface area contributed by atoms with Gasteiger partial charge in [0.2, 0.25) is 11.5 Å². The number of carboxylic acids is 1. The lowest BCUT2D eigenvalue weighted by Crippen LogP contribution is -2.22. The van der Waals surface area contributed by atoms with Crippen LogP contribution in [-0.2, 0) is 15.7 Å². The normalized spacial score (nSPS) is 12.1. The lowest BCUT2D eigenvalue weighted by Gasteiger charge is -2.00. The van der Waals surface area contributed by atoms with Gasteiger partial charge >= 0.3 is 5.97 Å². The highest BCUT2D eigenvalue weighted by atomic mass is 32.2. The molecule has 0 fully saturated rings. The minimum Gasteiger partial charge on any atom is -0.478 e. The largest absolute Gasteiger partial charge is 0.478 e. The average molecular weight is 225 g/mol. The summed E-state index contributed by atoms with van der Waals surface area (Å²) >= 11 is 0. The highest BCUT2D eigenvalue weighted by molar-refractivity contribution is 7.97. The summed E-state index contributed by atoms with van der Waals surface area (Å²) in [5, 5.41) is 8.56. The fraction of sp³-hybridized carbons (Fsp3) is 0.273. The molecule has 0 heterocycles. The maximum atomic E-state index is 11.7. The van der Waals surface area contributed by atoms with Crippen LogP contribution in [-0.4, -0.2) is 34.6 Å². The minimum atomic E-state index is -0.846. The summed E-state index contributed by atoms with van der Waals surface area (Å²) in [5.74, 6) is -0.445. The van der Waals surface area contributed by atoms with Crippen LogP contribution < -0.4 is 0 Å². The van der Waals surface area contributed by atoms with Crippen molar-refractivity contribution in [2.24, 2.45) is 0 Å². The van der Waals surface area contributed by atoms with Gasteiger partial charge in [-0.15, -0.1) is 0 Å². The van der Waals surface area contributed by atoms with Gasteiger partial charge in [-0.3, -0.25) is 4.79 Å². The van der Waals surface area contributed by atoms with Crippen LogP contribution in [0.1, 0.15) is 10.4 Å². The van der Waals surface area contributed by atoms with Crippen LogP contribution in [0.4, 0.5) is 0 Å². The second-order valence-corrected chi connectivity index (χ2v) is 5.39. The molecule has 0 spiro atoms. The van der Waals surface area contributed by atoms with Gasteiger partial charge in [0.15, 0.2) is 5.75 Å². The lowest BCUT2D eigenvalue weighted by atomic mass is 10.2. The summed E-state index contributed by atoms with van der Waals surface area (Å²) in [4.78, 5) is 22.1. The Morgan fingerprint density at radius 1 is 1.20 bits per heavy atom. The molecule has 0 aliphatic heterocycles. The molecule has 0 aliphatic rings. The molecule has 1 aromatic rings. The number of carbonyl (C=O) groups is 2. The fourth-order valence-corrected chi connectivity index (χ4v) is 2.33. The third-order valence-electron chi connectivity index (χ3n) is 1.84. The number of carbonyl (C=O) groups excluding carboxylic acids is 1. The molecule has 80 valence electrons. The number of hydrogen-bond acceptors (Lipinski definition) is 2. The van der Waals surface area contributed by atoms with Gasteiger partial charge in [-0.2, -0.15) is 0 Å². The monoisotopic (exact) mass is 225 g/mol. The van der Waals surface area contributed by atoms with E-state index in [1.54, 1.807) is 30.5 Å². The van der Waals surface area contributed by atoms with Crippen LogP contribution in [0.3, 0.4) is 0 Å². The molecule has 0 saturated heterocycles. The smallest absolute Gasteiger partial charge is 0.353 e. The summed E-state index contributed by atoms with van der Waals surface area (Å²) in [7, 11) is -0.380. The molecule has 1 atom stereocenters. The molecule has 1 aromatic carbocycles.